The molecule has 0 aliphatic carbocycles. The number of nitro benzene ring substituents is 1. The molecule has 0 unspecified atom stereocenters. The standard InChI is InChI=1S/C30H23F2N5O2.C28H21ClN6O.C27H20F2N6O3.2CH4/c1-20-2-8-23(9-3-20)27-12-13-28(39-27)30(38)36(17-24-10-11-25(31)14-26(24)32)18-29-35-34-19-37(29)16-22-6-4-21(15-33)5-7-22;29-24-6-3-4-22(14-24)17-34(28(36)26-13-12-23-5-1-2-7-25(23)32-26)18-27-33-31-19-35(27)16-21-10-8-20(15-30)9-11-21;28-21-9-7-20(23(29)13-21)15-33(27(36)25-12-8-19-3-1-2-4-24(19)31-25)16-26-32-30-17-34(26)14-18-5-10-22(11-6-18)35(37)38;;/h2-14,19H,16-18H2,1H3;1-14,19H,16-18H2;1-13,17H,14-16H2;2*1H4. The predicted molar refractivity (Wildman–Crippen MR) is 424 cm³/mol. The molecule has 3 amide bonds. The van der Waals surface area contributed by atoms with Gasteiger partial charge >= 0.3 is 0 Å². The molecule has 0 bridgehead atoms. The van der Waals surface area contributed by atoms with Crippen LogP contribution in [0.5, 0.6) is 0 Å². The first-order valence-electron chi connectivity index (χ1n) is 35.1. The Bertz CT molecular complexity index is 6030. The molecule has 0 aliphatic heterocycles. The largest absolute Gasteiger partial charge is 0.451 e. The van der Waals surface area contributed by atoms with Gasteiger partial charge in [-0.2, -0.15) is 10.5 Å². The molecule has 0 N–H and O–H groups in total. The Morgan fingerprint density at radius 2 is 0.904 bits per heavy atom. The van der Waals surface area contributed by atoms with Crippen LogP contribution in [-0.2, 0) is 58.9 Å². The van der Waals surface area contributed by atoms with E-state index in [9.17, 15) is 42.1 Å². The first kappa shape index (κ1) is 81.3. The van der Waals surface area contributed by atoms with Crippen LogP contribution in [0.25, 0.3) is 33.1 Å². The third-order valence-electron chi connectivity index (χ3n) is 18.1. The van der Waals surface area contributed by atoms with Gasteiger partial charge in [0.2, 0.25) is 0 Å². The summed E-state index contributed by atoms with van der Waals surface area (Å²) in [4.78, 5) is 64.9. The van der Waals surface area contributed by atoms with Crippen LogP contribution in [0.3, 0.4) is 0 Å². The number of rotatable bonds is 23. The lowest BCUT2D eigenvalue weighted by atomic mass is 10.1. The molecule has 0 saturated carbocycles. The molecular weight excluding hydrogens is 1490 g/mol. The van der Waals surface area contributed by atoms with Gasteiger partial charge in [-0.15, -0.1) is 30.6 Å². The minimum atomic E-state index is -0.776. The Morgan fingerprint density at radius 3 is 1.34 bits per heavy atom. The van der Waals surface area contributed by atoms with Gasteiger partial charge in [0.25, 0.3) is 23.4 Å². The van der Waals surface area contributed by atoms with Crippen LogP contribution in [0, 0.1) is 63.0 Å². The van der Waals surface area contributed by atoms with Crippen molar-refractivity contribution in [1.29, 1.82) is 10.5 Å². The smallest absolute Gasteiger partial charge is 0.290 e. The number of furan rings is 1. The van der Waals surface area contributed by atoms with E-state index in [1.54, 1.807) is 99.2 Å². The summed E-state index contributed by atoms with van der Waals surface area (Å²) in [5, 5.41) is 56.1. The highest BCUT2D eigenvalue weighted by Crippen LogP contribution is 2.28. The molecule has 15 aromatic rings. The average Bonchev–Trinajstić information content (AvgIpc) is 1.80. The van der Waals surface area contributed by atoms with Gasteiger partial charge in [0, 0.05) is 76.4 Å². The van der Waals surface area contributed by atoms with Gasteiger partial charge in [-0.05, 0) is 114 Å². The zero-order valence-corrected chi connectivity index (χ0v) is 60.9. The molecule has 6 heterocycles. The summed E-state index contributed by atoms with van der Waals surface area (Å²) in [5.74, 6) is -2.03. The maximum Gasteiger partial charge on any atom is 0.290 e. The molecule has 0 radical (unpaired) electrons. The Morgan fingerprint density at radius 1 is 0.470 bits per heavy atom. The number of carbonyl (C=O) groups excluding carboxylic acids is 3. The van der Waals surface area contributed by atoms with Crippen LogP contribution >= 0.6 is 11.6 Å². The van der Waals surface area contributed by atoms with Gasteiger partial charge in [-0.25, -0.2) is 27.5 Å². The van der Waals surface area contributed by atoms with Crippen LogP contribution in [0.4, 0.5) is 23.2 Å². The van der Waals surface area contributed by atoms with Gasteiger partial charge < -0.3 is 32.8 Å². The highest BCUT2D eigenvalue weighted by molar-refractivity contribution is 6.30. The average molecular weight is 1560 g/mol. The molecule has 6 aromatic heterocycles. The second-order valence-electron chi connectivity index (χ2n) is 26.1. The number of non-ortho nitro benzene ring substituents is 1. The Labute approximate surface area is 663 Å². The van der Waals surface area contributed by atoms with Crippen LogP contribution in [0.2, 0.25) is 5.02 Å². The SMILES string of the molecule is C.C.Cc1ccc(-c2ccc(C(=O)N(Cc3ccc(F)cc3F)Cc3nncn3Cc3ccc(C#N)cc3)o2)cc1.N#Cc1ccc(Cn2cnnc2CN(Cc2cccc(Cl)c2)C(=O)c2ccc3ccccc3n2)cc1.O=C(c1ccc2ccccc2n1)N(Cc1ccc(F)cc1F)Cc1nncn1Cc1ccc([N+](=O)[O-])cc1. The third-order valence-corrected chi connectivity index (χ3v) is 18.4. The van der Waals surface area contributed by atoms with E-state index in [2.05, 4.69) is 52.7 Å². The number of halogens is 5. The summed E-state index contributed by atoms with van der Waals surface area (Å²) in [6.45, 7) is 3.40. The molecule has 15 rings (SSSR count). The number of hydrogen-bond acceptors (Lipinski definition) is 16. The number of para-hydroxylation sites is 2. The molecule has 0 saturated heterocycles. The maximum absolute atomic E-state index is 14.6. The molecule has 9 aromatic carbocycles. The topological polar surface area (TPSA) is 283 Å². The maximum atomic E-state index is 14.6. The molecule has 0 spiro atoms. The summed E-state index contributed by atoms with van der Waals surface area (Å²) in [5.41, 5.74) is 8.78. The second kappa shape index (κ2) is 37.8. The molecular formula is C87H72ClF4N17O6. The minimum absolute atomic E-state index is 0. The van der Waals surface area contributed by atoms with Crippen molar-refractivity contribution in [2.75, 3.05) is 0 Å². The number of benzene rings is 9. The number of nitro groups is 1. The number of aryl methyl sites for hydroxylation is 1. The summed E-state index contributed by atoms with van der Waals surface area (Å²) >= 11 is 6.21. The minimum Gasteiger partial charge on any atom is -0.451 e. The summed E-state index contributed by atoms with van der Waals surface area (Å²) < 4.78 is 67.4. The lowest BCUT2D eigenvalue weighted by molar-refractivity contribution is -0.384. The highest BCUT2D eigenvalue weighted by atomic mass is 35.5. The van der Waals surface area contributed by atoms with Gasteiger partial charge in [-0.3, -0.25) is 24.5 Å². The van der Waals surface area contributed by atoms with Crippen molar-refractivity contribution in [3.8, 4) is 23.5 Å². The Hall–Kier alpha value is -14.7. The Kier molecular flexibility index (Phi) is 26.7. The fourth-order valence-corrected chi connectivity index (χ4v) is 12.3. The van der Waals surface area contributed by atoms with Crippen LogP contribution in [0.15, 0.2) is 266 Å². The van der Waals surface area contributed by atoms with Crippen molar-refractivity contribution in [3.05, 3.63) is 385 Å². The summed E-state index contributed by atoms with van der Waals surface area (Å²) in [6, 6.07) is 71.6. The number of pyridine rings is 2. The van der Waals surface area contributed by atoms with Gasteiger partial charge in [0.15, 0.2) is 23.2 Å². The molecule has 0 atom stereocenters. The molecule has 576 valence electrons. The number of fused-ring (bicyclic) bond motifs is 2. The van der Waals surface area contributed by atoms with E-state index < -0.39 is 40.0 Å². The normalized spacial score (nSPS) is 10.7. The van der Waals surface area contributed by atoms with Crippen LogP contribution < -0.4 is 0 Å². The first-order valence-corrected chi connectivity index (χ1v) is 35.4. The molecule has 115 heavy (non-hydrogen) atoms. The zero-order chi connectivity index (χ0) is 78.9. The van der Waals surface area contributed by atoms with E-state index in [4.69, 9.17) is 26.5 Å². The lowest BCUT2D eigenvalue weighted by Crippen LogP contribution is -2.32. The van der Waals surface area contributed by atoms with E-state index in [0.29, 0.717) is 76.8 Å². The molecule has 28 heteroatoms. The van der Waals surface area contributed by atoms with Crippen LogP contribution in [0.1, 0.15) is 114 Å². The van der Waals surface area contributed by atoms with Crippen molar-refractivity contribution in [1.82, 2.24) is 69.0 Å². The van der Waals surface area contributed by atoms with Gasteiger partial charge in [-0.1, -0.05) is 165 Å². The fourth-order valence-electron chi connectivity index (χ4n) is 12.1. The van der Waals surface area contributed by atoms with E-state index in [1.165, 1.54) is 46.7 Å². The third kappa shape index (κ3) is 20.9. The second-order valence-corrected chi connectivity index (χ2v) is 26.5. The van der Waals surface area contributed by atoms with Crippen molar-refractivity contribution in [2.24, 2.45) is 0 Å². The number of nitriles is 2. The Balaban J connectivity index is 0.000000168. The summed E-state index contributed by atoms with van der Waals surface area (Å²) in [7, 11) is 0. The quantitative estimate of drug-likeness (QED) is 0.0327. The monoisotopic (exact) mass is 1560 g/mol. The zero-order valence-electron chi connectivity index (χ0n) is 60.1. The first-order chi connectivity index (χ1) is 54.8. The number of amides is 3. The van der Waals surface area contributed by atoms with Crippen molar-refractivity contribution < 1.29 is 41.3 Å². The van der Waals surface area contributed by atoms with Crippen LogP contribution in [-0.4, -0.2) is 91.6 Å². The predicted octanol–water partition coefficient (Wildman–Crippen LogP) is 17.3. The highest BCUT2D eigenvalue weighted by Gasteiger charge is 2.27. The molecule has 23 nitrogen and oxygen atoms in total. The number of nitrogens with zero attached hydrogens (tertiary/aromatic N) is 17. The number of carbonyl (C=O) groups is 3. The van der Waals surface area contributed by atoms with Gasteiger partial charge in [0.05, 0.1) is 78.5 Å². The van der Waals surface area contributed by atoms with Gasteiger partial charge in [0.1, 0.15) is 59.4 Å². The number of hydrogen-bond donors (Lipinski definition) is 0. The van der Waals surface area contributed by atoms with E-state index >= 15 is 0 Å². The van der Waals surface area contributed by atoms with E-state index in [0.717, 1.165) is 73.9 Å². The lowest BCUT2D eigenvalue weighted by Gasteiger charge is -2.23. The molecule has 0 aliphatic rings. The number of aromatic nitrogens is 11. The van der Waals surface area contributed by atoms with E-state index in [-0.39, 0.29) is 81.8 Å². The fraction of sp³-hybridized carbons (Fsp3) is 0.138. The van der Waals surface area contributed by atoms with E-state index in [1.807, 2.05) is 127 Å². The van der Waals surface area contributed by atoms with Crippen molar-refractivity contribution >= 4 is 56.8 Å². The summed E-state index contributed by atoms with van der Waals surface area (Å²) in [6.07, 6.45) is 4.66. The van der Waals surface area contributed by atoms with Crippen molar-refractivity contribution in [3.63, 3.8) is 0 Å². The van der Waals surface area contributed by atoms with Crippen molar-refractivity contribution in [2.45, 2.75) is 80.7 Å². The molecule has 0 fully saturated rings.